The Morgan fingerprint density at radius 3 is 2.89 bits per heavy atom. The lowest BCUT2D eigenvalue weighted by molar-refractivity contribution is 0.102. The van der Waals surface area contributed by atoms with Crippen molar-refractivity contribution in [2.75, 3.05) is 5.32 Å². The molecule has 0 bridgehead atoms. The first-order chi connectivity index (χ1) is 13.2. The Balaban J connectivity index is 1.54. The second-order valence-corrected chi connectivity index (χ2v) is 6.97. The fourth-order valence-electron chi connectivity index (χ4n) is 2.84. The van der Waals surface area contributed by atoms with Crippen LogP contribution in [0.3, 0.4) is 0 Å². The maximum absolute atomic E-state index is 12.4. The van der Waals surface area contributed by atoms with Gasteiger partial charge in [0.15, 0.2) is 10.8 Å². The molecular formula is C19H17N5O2S. The van der Waals surface area contributed by atoms with Crippen molar-refractivity contribution in [1.29, 1.82) is 0 Å². The lowest BCUT2D eigenvalue weighted by Crippen LogP contribution is -2.25. The van der Waals surface area contributed by atoms with E-state index in [4.69, 9.17) is 0 Å². The summed E-state index contributed by atoms with van der Waals surface area (Å²) in [4.78, 5) is 29.5. The summed E-state index contributed by atoms with van der Waals surface area (Å²) < 4.78 is 1.35. The van der Waals surface area contributed by atoms with Crippen LogP contribution in [0.15, 0.2) is 52.9 Å². The highest BCUT2D eigenvalue weighted by atomic mass is 32.1. The summed E-state index contributed by atoms with van der Waals surface area (Å²) in [5.41, 5.74) is 2.62. The smallest absolute Gasteiger partial charge is 0.271 e. The molecule has 4 rings (SSSR count). The van der Waals surface area contributed by atoms with E-state index in [2.05, 4.69) is 39.6 Å². The normalized spacial score (nSPS) is 11.0. The summed E-state index contributed by atoms with van der Waals surface area (Å²) >= 11 is 1.33. The molecule has 0 aliphatic carbocycles. The van der Waals surface area contributed by atoms with Crippen molar-refractivity contribution in [2.45, 2.75) is 19.8 Å². The molecule has 0 aliphatic heterocycles. The lowest BCUT2D eigenvalue weighted by atomic mass is 10.1. The van der Waals surface area contributed by atoms with Gasteiger partial charge in [-0.2, -0.15) is 5.10 Å². The van der Waals surface area contributed by atoms with E-state index in [0.717, 1.165) is 24.1 Å². The number of aromatic nitrogens is 4. The third-order valence-electron chi connectivity index (χ3n) is 4.21. The molecule has 3 aromatic heterocycles. The monoisotopic (exact) mass is 379 g/mol. The van der Waals surface area contributed by atoms with Crippen molar-refractivity contribution in [3.63, 3.8) is 0 Å². The summed E-state index contributed by atoms with van der Waals surface area (Å²) in [5, 5.41) is 11.4. The van der Waals surface area contributed by atoms with E-state index in [1.807, 2.05) is 12.1 Å². The van der Waals surface area contributed by atoms with Crippen molar-refractivity contribution in [1.82, 2.24) is 19.6 Å². The van der Waals surface area contributed by atoms with Gasteiger partial charge in [0, 0.05) is 23.8 Å². The van der Waals surface area contributed by atoms with E-state index < -0.39 is 11.5 Å². The van der Waals surface area contributed by atoms with E-state index in [1.54, 1.807) is 17.6 Å². The van der Waals surface area contributed by atoms with E-state index in [0.29, 0.717) is 10.8 Å². The summed E-state index contributed by atoms with van der Waals surface area (Å²) in [7, 11) is 0. The number of aryl methyl sites for hydroxylation is 1. The van der Waals surface area contributed by atoms with Gasteiger partial charge in [-0.15, -0.1) is 11.3 Å². The van der Waals surface area contributed by atoms with Crippen LogP contribution in [-0.2, 0) is 6.42 Å². The molecule has 0 saturated carbocycles. The zero-order valence-electron chi connectivity index (χ0n) is 14.6. The molecule has 3 heterocycles. The number of nitrogens with one attached hydrogen (secondary N) is 2. The van der Waals surface area contributed by atoms with Gasteiger partial charge in [-0.05, 0) is 17.5 Å². The number of rotatable bonds is 5. The van der Waals surface area contributed by atoms with E-state index in [9.17, 15) is 9.59 Å². The third-order valence-corrected chi connectivity index (χ3v) is 4.98. The summed E-state index contributed by atoms with van der Waals surface area (Å²) in [6, 6.07) is 9.94. The molecule has 4 aromatic rings. The van der Waals surface area contributed by atoms with Crippen LogP contribution >= 0.6 is 11.3 Å². The van der Waals surface area contributed by atoms with Gasteiger partial charge in [0.1, 0.15) is 5.56 Å². The number of hydrogen-bond acceptors (Lipinski definition) is 5. The molecule has 7 nitrogen and oxygen atoms in total. The molecule has 0 radical (unpaired) electrons. The fourth-order valence-corrected chi connectivity index (χ4v) is 3.51. The molecule has 0 unspecified atom stereocenters. The Bertz CT molecular complexity index is 1160. The van der Waals surface area contributed by atoms with Crippen LogP contribution in [0, 0.1) is 0 Å². The number of benzene rings is 1. The van der Waals surface area contributed by atoms with Gasteiger partial charge in [0.2, 0.25) is 0 Å². The van der Waals surface area contributed by atoms with E-state index in [1.165, 1.54) is 27.5 Å². The van der Waals surface area contributed by atoms with Crippen LogP contribution in [0.2, 0.25) is 0 Å². The molecule has 27 heavy (non-hydrogen) atoms. The molecule has 0 aliphatic rings. The zero-order valence-corrected chi connectivity index (χ0v) is 15.4. The minimum atomic E-state index is -0.538. The van der Waals surface area contributed by atoms with Gasteiger partial charge in [0.25, 0.3) is 11.5 Å². The number of carbonyl (C=O) groups excluding carboxylic acids is 1. The summed E-state index contributed by atoms with van der Waals surface area (Å²) in [6.07, 6.45) is 5.04. The first-order valence-corrected chi connectivity index (χ1v) is 9.44. The second-order valence-electron chi connectivity index (χ2n) is 6.10. The van der Waals surface area contributed by atoms with Crippen molar-refractivity contribution in [3.8, 4) is 11.3 Å². The number of hydrogen-bond donors (Lipinski definition) is 2. The highest BCUT2D eigenvalue weighted by Gasteiger charge is 2.15. The quantitative estimate of drug-likeness (QED) is 0.556. The van der Waals surface area contributed by atoms with Gasteiger partial charge >= 0.3 is 0 Å². The second kappa shape index (κ2) is 7.16. The lowest BCUT2D eigenvalue weighted by Gasteiger charge is -2.01. The van der Waals surface area contributed by atoms with Crippen LogP contribution in [0.25, 0.3) is 16.2 Å². The fraction of sp³-hybridized carbons (Fsp3) is 0.158. The topological polar surface area (TPSA) is 92.2 Å². The molecule has 0 spiro atoms. The summed E-state index contributed by atoms with van der Waals surface area (Å²) in [5.74, 6) is -0.188. The minimum absolute atomic E-state index is 0.0284. The van der Waals surface area contributed by atoms with Crippen LogP contribution in [-0.4, -0.2) is 25.5 Å². The van der Waals surface area contributed by atoms with Gasteiger partial charge in [-0.1, -0.05) is 37.6 Å². The standard InChI is InChI=1S/C19H17N5O2S/c1-2-3-12-4-6-13(7-5-12)15-10-16(23-22-15)21-17(25)14-11-20-19-24(18(14)26)8-9-27-19/h4-11H,2-3H2,1H3,(H2,21,22,23,25). The number of H-pyrrole nitrogens is 1. The Kier molecular flexibility index (Phi) is 4.55. The molecule has 8 heteroatoms. The zero-order chi connectivity index (χ0) is 18.8. The average molecular weight is 379 g/mol. The predicted octanol–water partition coefficient (Wildman–Crippen LogP) is 3.35. The highest BCUT2D eigenvalue weighted by Crippen LogP contribution is 2.21. The molecule has 0 atom stereocenters. The highest BCUT2D eigenvalue weighted by molar-refractivity contribution is 7.15. The average Bonchev–Trinajstić information content (AvgIpc) is 3.33. The number of carbonyl (C=O) groups is 1. The Hall–Kier alpha value is -3.26. The van der Waals surface area contributed by atoms with Crippen LogP contribution in [0.1, 0.15) is 29.3 Å². The van der Waals surface area contributed by atoms with Gasteiger partial charge in [-0.3, -0.25) is 19.1 Å². The van der Waals surface area contributed by atoms with Crippen molar-refractivity contribution in [2.24, 2.45) is 0 Å². The van der Waals surface area contributed by atoms with E-state index >= 15 is 0 Å². The van der Waals surface area contributed by atoms with Crippen molar-refractivity contribution < 1.29 is 4.79 Å². The Morgan fingerprint density at radius 1 is 1.30 bits per heavy atom. The first kappa shape index (κ1) is 17.2. The summed E-state index contributed by atoms with van der Waals surface area (Å²) in [6.45, 7) is 2.15. The number of nitrogens with zero attached hydrogens (tertiary/aromatic N) is 3. The van der Waals surface area contributed by atoms with E-state index in [-0.39, 0.29) is 5.56 Å². The molecular weight excluding hydrogens is 362 g/mol. The molecule has 0 saturated heterocycles. The van der Waals surface area contributed by atoms with Gasteiger partial charge in [-0.25, -0.2) is 4.98 Å². The number of anilines is 1. The largest absolute Gasteiger partial charge is 0.305 e. The maximum Gasteiger partial charge on any atom is 0.271 e. The Labute approximate surface area is 158 Å². The van der Waals surface area contributed by atoms with Crippen molar-refractivity contribution in [3.05, 3.63) is 69.6 Å². The van der Waals surface area contributed by atoms with Crippen molar-refractivity contribution >= 4 is 28.0 Å². The van der Waals surface area contributed by atoms with Crippen LogP contribution in [0.5, 0.6) is 0 Å². The van der Waals surface area contributed by atoms with Crippen LogP contribution < -0.4 is 10.9 Å². The van der Waals surface area contributed by atoms with Crippen LogP contribution in [0.4, 0.5) is 5.82 Å². The molecule has 1 amide bonds. The third kappa shape index (κ3) is 3.39. The SMILES string of the molecule is CCCc1ccc(-c2cc(NC(=O)c3cnc4sccn4c3=O)n[nH]2)cc1. The first-order valence-electron chi connectivity index (χ1n) is 8.56. The van der Waals surface area contributed by atoms with Gasteiger partial charge < -0.3 is 5.32 Å². The predicted molar refractivity (Wildman–Crippen MR) is 105 cm³/mol. The maximum atomic E-state index is 12.4. The molecule has 2 N–H and O–H groups in total. The van der Waals surface area contributed by atoms with Gasteiger partial charge in [0.05, 0.1) is 5.69 Å². The number of thiazole rings is 1. The molecule has 136 valence electrons. The number of fused-ring (bicyclic) bond motifs is 1. The molecule has 1 aromatic carbocycles. The minimum Gasteiger partial charge on any atom is -0.305 e. The number of amides is 1. The number of aromatic amines is 1. The molecule has 0 fully saturated rings. The Morgan fingerprint density at radius 2 is 2.11 bits per heavy atom.